The molecule has 5 nitrogen and oxygen atoms in total. The van der Waals surface area contributed by atoms with Gasteiger partial charge in [0.05, 0.1) is 10.9 Å². The molecule has 1 amide bonds. The second kappa shape index (κ2) is 6.07. The zero-order valence-corrected chi connectivity index (χ0v) is 12.7. The second-order valence-corrected chi connectivity index (χ2v) is 7.58. The molecule has 0 heterocycles. The second-order valence-electron chi connectivity index (χ2n) is 5.66. The quantitative estimate of drug-likeness (QED) is 0.888. The van der Waals surface area contributed by atoms with Crippen LogP contribution in [0.1, 0.15) is 20.8 Å². The molecule has 0 saturated carbocycles. The first-order valence-electron chi connectivity index (χ1n) is 6.15. The van der Waals surface area contributed by atoms with Crippen molar-refractivity contribution in [3.63, 3.8) is 0 Å². The average Bonchev–Trinajstić information content (AvgIpc) is 2.37. The summed E-state index contributed by atoms with van der Waals surface area (Å²) in [5.74, 6) is -3.92. The maximum absolute atomic E-state index is 12.4. The average molecular weight is 320 g/mol. The maximum atomic E-state index is 12.4. The summed E-state index contributed by atoms with van der Waals surface area (Å²) in [5, 5.41) is 2.51. The van der Waals surface area contributed by atoms with Crippen molar-refractivity contribution in [1.82, 2.24) is 0 Å². The molecule has 0 aromatic heterocycles. The molecular formula is C13H18F2N2O3S. The normalized spacial score (nSPS) is 14.0. The van der Waals surface area contributed by atoms with E-state index in [-0.39, 0.29) is 5.69 Å². The van der Waals surface area contributed by atoms with Crippen LogP contribution >= 0.6 is 0 Å². The number of nitrogens with one attached hydrogen (secondary N) is 1. The number of alkyl halides is 2. The Bertz CT molecular complexity index is 607. The van der Waals surface area contributed by atoms with E-state index in [9.17, 15) is 22.0 Å². The molecule has 1 aromatic carbocycles. The van der Waals surface area contributed by atoms with Gasteiger partial charge in [0.2, 0.25) is 15.7 Å². The molecule has 1 atom stereocenters. The summed E-state index contributed by atoms with van der Waals surface area (Å²) < 4.78 is 47.2. The smallest absolute Gasteiger partial charge is 0.325 e. The Morgan fingerprint density at radius 3 is 2.05 bits per heavy atom. The predicted molar refractivity (Wildman–Crippen MR) is 75.7 cm³/mol. The van der Waals surface area contributed by atoms with Crippen molar-refractivity contribution in [1.29, 1.82) is 0 Å². The fourth-order valence-electron chi connectivity index (χ4n) is 1.44. The number of nitrogens with two attached hydrogens (primary N) is 1. The minimum atomic E-state index is -4.63. The van der Waals surface area contributed by atoms with E-state index < -0.39 is 37.9 Å². The third kappa shape index (κ3) is 4.21. The maximum Gasteiger partial charge on any atom is 0.341 e. The Kier molecular flexibility index (Phi) is 5.06. The van der Waals surface area contributed by atoms with E-state index in [0.29, 0.717) is 0 Å². The molecule has 118 valence electrons. The van der Waals surface area contributed by atoms with Crippen molar-refractivity contribution in [2.75, 3.05) is 5.32 Å². The molecule has 0 radical (unpaired) electrons. The van der Waals surface area contributed by atoms with Crippen LogP contribution in [-0.4, -0.2) is 26.1 Å². The van der Waals surface area contributed by atoms with E-state index in [1.54, 1.807) is 20.8 Å². The van der Waals surface area contributed by atoms with Crippen molar-refractivity contribution in [3.05, 3.63) is 24.3 Å². The number of sulfone groups is 1. The fraction of sp³-hybridized carbons (Fsp3) is 0.462. The first-order chi connectivity index (χ1) is 9.46. The van der Waals surface area contributed by atoms with Crippen LogP contribution in [0.3, 0.4) is 0 Å². The van der Waals surface area contributed by atoms with E-state index in [2.05, 4.69) is 5.32 Å². The molecule has 0 bridgehead atoms. The first kappa shape index (κ1) is 17.5. The topological polar surface area (TPSA) is 89.3 Å². The summed E-state index contributed by atoms with van der Waals surface area (Å²) in [5.41, 5.74) is 5.62. The van der Waals surface area contributed by atoms with E-state index in [0.717, 1.165) is 12.1 Å². The van der Waals surface area contributed by atoms with Crippen LogP contribution in [0.15, 0.2) is 29.2 Å². The van der Waals surface area contributed by atoms with Crippen molar-refractivity contribution in [2.24, 2.45) is 11.1 Å². The standard InChI is InChI=1S/C13H18F2N2O3S/c1-13(2,3)10(16)11(18)17-8-4-6-9(7-5-8)21(19,20)12(14)15/h4-7,10,12H,16H2,1-3H3,(H,17,18)/t10-/m1/s1. The molecule has 0 spiro atoms. The van der Waals surface area contributed by atoms with Gasteiger partial charge in [-0.25, -0.2) is 8.42 Å². The third-order valence-corrected chi connectivity index (χ3v) is 4.30. The number of carbonyl (C=O) groups excluding carboxylic acids is 1. The molecule has 0 aliphatic rings. The highest BCUT2D eigenvalue weighted by atomic mass is 32.2. The van der Waals surface area contributed by atoms with Crippen LogP contribution in [0.25, 0.3) is 0 Å². The molecule has 0 saturated heterocycles. The van der Waals surface area contributed by atoms with Gasteiger partial charge in [0.15, 0.2) is 0 Å². The lowest BCUT2D eigenvalue weighted by Crippen LogP contribution is -2.45. The van der Waals surface area contributed by atoms with Gasteiger partial charge < -0.3 is 11.1 Å². The van der Waals surface area contributed by atoms with Crippen LogP contribution < -0.4 is 11.1 Å². The SMILES string of the molecule is CC(C)(C)[C@H](N)C(=O)Nc1ccc(S(=O)(=O)C(F)F)cc1. The van der Waals surface area contributed by atoms with Gasteiger partial charge in [-0.1, -0.05) is 20.8 Å². The molecule has 0 unspecified atom stereocenters. The summed E-state index contributed by atoms with van der Waals surface area (Å²) in [4.78, 5) is 11.4. The van der Waals surface area contributed by atoms with Gasteiger partial charge in [-0.05, 0) is 29.7 Å². The molecule has 8 heteroatoms. The number of carbonyl (C=O) groups is 1. The number of anilines is 1. The zero-order chi connectivity index (χ0) is 16.4. The molecule has 0 aliphatic heterocycles. The largest absolute Gasteiger partial charge is 0.341 e. The Balaban J connectivity index is 2.88. The van der Waals surface area contributed by atoms with Gasteiger partial charge >= 0.3 is 5.76 Å². The Morgan fingerprint density at radius 1 is 1.19 bits per heavy atom. The van der Waals surface area contributed by atoms with Crippen molar-refractivity contribution >= 4 is 21.4 Å². The Morgan fingerprint density at radius 2 is 1.67 bits per heavy atom. The number of rotatable bonds is 4. The van der Waals surface area contributed by atoms with E-state index in [4.69, 9.17) is 5.73 Å². The van der Waals surface area contributed by atoms with Crippen LogP contribution in [0, 0.1) is 5.41 Å². The van der Waals surface area contributed by atoms with Crippen molar-refractivity contribution < 1.29 is 22.0 Å². The van der Waals surface area contributed by atoms with Gasteiger partial charge in [-0.3, -0.25) is 4.79 Å². The molecule has 3 N–H and O–H groups in total. The van der Waals surface area contributed by atoms with Crippen LogP contribution in [0.5, 0.6) is 0 Å². The van der Waals surface area contributed by atoms with E-state index >= 15 is 0 Å². The summed E-state index contributed by atoms with van der Waals surface area (Å²) >= 11 is 0. The molecule has 1 rings (SSSR count). The van der Waals surface area contributed by atoms with Gasteiger partial charge in [0, 0.05) is 5.69 Å². The van der Waals surface area contributed by atoms with Crippen molar-refractivity contribution in [2.45, 2.75) is 37.5 Å². The zero-order valence-electron chi connectivity index (χ0n) is 11.9. The summed E-state index contributed by atoms with van der Waals surface area (Å²) in [6, 6.07) is 3.74. The highest BCUT2D eigenvalue weighted by molar-refractivity contribution is 7.91. The predicted octanol–water partition coefficient (Wildman–Crippen LogP) is 1.99. The lowest BCUT2D eigenvalue weighted by Gasteiger charge is -2.25. The number of hydrogen-bond acceptors (Lipinski definition) is 4. The van der Waals surface area contributed by atoms with Crippen LogP contribution in [0.2, 0.25) is 0 Å². The lowest BCUT2D eigenvalue weighted by atomic mass is 9.87. The third-order valence-electron chi connectivity index (χ3n) is 2.90. The van der Waals surface area contributed by atoms with E-state index in [1.165, 1.54) is 12.1 Å². The fourth-order valence-corrected chi connectivity index (χ4v) is 2.17. The van der Waals surface area contributed by atoms with Gasteiger partial charge in [-0.2, -0.15) is 8.78 Å². The van der Waals surface area contributed by atoms with Gasteiger partial charge in [0.25, 0.3) is 0 Å². The number of halogens is 2. The first-order valence-corrected chi connectivity index (χ1v) is 7.69. The minimum absolute atomic E-state index is 0.285. The van der Waals surface area contributed by atoms with Crippen LogP contribution in [0.4, 0.5) is 14.5 Å². The Hall–Kier alpha value is -1.54. The molecule has 0 aliphatic carbocycles. The molecule has 21 heavy (non-hydrogen) atoms. The molecular weight excluding hydrogens is 302 g/mol. The summed E-state index contributed by atoms with van der Waals surface area (Å²) in [6.07, 6.45) is 0. The Labute approximate surface area is 122 Å². The number of hydrogen-bond donors (Lipinski definition) is 2. The highest BCUT2D eigenvalue weighted by Gasteiger charge is 2.28. The molecule has 0 fully saturated rings. The summed E-state index contributed by atoms with van der Waals surface area (Å²) in [6.45, 7) is 5.40. The number of amides is 1. The highest BCUT2D eigenvalue weighted by Crippen LogP contribution is 2.22. The van der Waals surface area contributed by atoms with Crippen molar-refractivity contribution in [3.8, 4) is 0 Å². The summed E-state index contributed by atoms with van der Waals surface area (Å²) in [7, 11) is -4.63. The van der Waals surface area contributed by atoms with Gasteiger partial charge in [0.1, 0.15) is 0 Å². The molecule has 1 aromatic rings. The number of benzene rings is 1. The van der Waals surface area contributed by atoms with Gasteiger partial charge in [-0.15, -0.1) is 0 Å². The van der Waals surface area contributed by atoms with Crippen LogP contribution in [-0.2, 0) is 14.6 Å². The van der Waals surface area contributed by atoms with E-state index in [1.807, 2.05) is 0 Å². The minimum Gasteiger partial charge on any atom is -0.325 e. The monoisotopic (exact) mass is 320 g/mol. The lowest BCUT2D eigenvalue weighted by molar-refractivity contribution is -0.119.